The Morgan fingerprint density at radius 2 is 1.92 bits per heavy atom. The molecule has 1 fully saturated rings. The van der Waals surface area contributed by atoms with Crippen LogP contribution in [-0.4, -0.2) is 22.8 Å². The average Bonchev–Trinajstić information content (AvgIpc) is 2.97. The van der Waals surface area contributed by atoms with E-state index in [1.54, 1.807) is 0 Å². The summed E-state index contributed by atoms with van der Waals surface area (Å²) < 4.78 is 28.4. The van der Waals surface area contributed by atoms with Crippen LogP contribution in [0.25, 0.3) is 11.3 Å². The number of nitrogens with one attached hydrogen (secondary N) is 1. The molecular weight excluding hydrogens is 332 g/mol. The smallest absolute Gasteiger partial charge is 0.135 e. The van der Waals surface area contributed by atoms with Crippen LogP contribution in [0.5, 0.6) is 0 Å². The fourth-order valence-corrected chi connectivity index (χ4v) is 5.68. The second-order valence-electron chi connectivity index (χ2n) is 8.19. The molecule has 26 heavy (non-hydrogen) atoms. The number of nitrogens with zero attached hydrogens (tertiary/aromatic N) is 2. The zero-order valence-electron chi connectivity index (χ0n) is 15.7. The highest BCUT2D eigenvalue weighted by molar-refractivity contribution is 5.63. The molecule has 3 atom stereocenters. The van der Waals surface area contributed by atoms with Gasteiger partial charge in [-0.3, -0.25) is 0 Å². The number of likely N-dealkylation sites (N-methyl/N-ethyl adjacent to an activating group) is 1. The van der Waals surface area contributed by atoms with Crippen molar-refractivity contribution in [1.82, 2.24) is 15.5 Å². The highest BCUT2D eigenvalue weighted by atomic mass is 19.1. The maximum absolute atomic E-state index is 14.2. The number of aromatic nitrogens is 2. The summed E-state index contributed by atoms with van der Waals surface area (Å²) in [7, 11) is 0. The van der Waals surface area contributed by atoms with Gasteiger partial charge in [0, 0.05) is 11.5 Å². The highest BCUT2D eigenvalue weighted by Gasteiger charge is 2.65. The van der Waals surface area contributed by atoms with E-state index in [0.29, 0.717) is 5.92 Å². The molecule has 3 nitrogen and oxygen atoms in total. The summed E-state index contributed by atoms with van der Waals surface area (Å²) in [6.07, 6.45) is 2.13. The normalized spacial score (nSPS) is 26.8. The Balaban J connectivity index is 1.88. The molecule has 1 aromatic carbocycles. The fraction of sp³-hybridized carbons (Fsp3) is 0.524. The molecule has 0 aliphatic heterocycles. The van der Waals surface area contributed by atoms with Crippen LogP contribution < -0.4 is 5.32 Å². The molecule has 1 N–H and O–H groups in total. The first-order valence-corrected chi connectivity index (χ1v) is 9.40. The fourth-order valence-electron chi connectivity index (χ4n) is 5.68. The molecule has 2 aliphatic rings. The Bertz CT molecular complexity index is 844. The van der Waals surface area contributed by atoms with Crippen molar-refractivity contribution in [1.29, 1.82) is 0 Å². The van der Waals surface area contributed by atoms with Gasteiger partial charge in [0.15, 0.2) is 0 Å². The lowest BCUT2D eigenvalue weighted by Gasteiger charge is -2.43. The van der Waals surface area contributed by atoms with Gasteiger partial charge in [-0.2, -0.15) is 10.2 Å². The van der Waals surface area contributed by atoms with E-state index in [1.165, 1.54) is 18.2 Å². The van der Waals surface area contributed by atoms with Crippen molar-refractivity contribution in [3.8, 4) is 11.3 Å². The molecule has 138 valence electrons. The van der Waals surface area contributed by atoms with E-state index < -0.39 is 11.6 Å². The molecular formula is C21H25F2N3. The largest absolute Gasteiger partial charge is 0.314 e. The number of hydrogen-bond acceptors (Lipinski definition) is 3. The van der Waals surface area contributed by atoms with Crippen LogP contribution in [0, 0.1) is 17.0 Å². The molecule has 1 saturated carbocycles. The topological polar surface area (TPSA) is 37.8 Å². The number of halogens is 2. The van der Waals surface area contributed by atoms with E-state index >= 15 is 0 Å². The number of hydrogen-bond donors (Lipinski definition) is 1. The standard InChI is InChI=1S/C21H25F2N3/c1-5-24-12(2)21-10-9-14(20(21,3)4)13-11-17(25-26-19(13)21)18-15(22)7-6-8-16(18)23/h6-8,11-12,14,24H,5,9-10H2,1-4H3/t12?,14-,21-/m0/s1. The predicted molar refractivity (Wildman–Crippen MR) is 98.0 cm³/mol. The Morgan fingerprint density at radius 1 is 1.23 bits per heavy atom. The lowest BCUT2D eigenvalue weighted by atomic mass is 9.64. The van der Waals surface area contributed by atoms with E-state index in [-0.39, 0.29) is 28.1 Å². The summed E-state index contributed by atoms with van der Waals surface area (Å²) in [5, 5.41) is 12.4. The number of benzene rings is 1. The van der Waals surface area contributed by atoms with Crippen molar-refractivity contribution in [3.63, 3.8) is 0 Å². The van der Waals surface area contributed by atoms with Crippen molar-refractivity contribution in [2.45, 2.75) is 57.9 Å². The van der Waals surface area contributed by atoms with Gasteiger partial charge in [0.1, 0.15) is 11.6 Å². The average molecular weight is 357 g/mol. The lowest BCUT2D eigenvalue weighted by molar-refractivity contribution is 0.157. The van der Waals surface area contributed by atoms with E-state index in [1.807, 2.05) is 6.07 Å². The van der Waals surface area contributed by atoms with E-state index in [9.17, 15) is 8.78 Å². The van der Waals surface area contributed by atoms with Gasteiger partial charge in [-0.25, -0.2) is 8.78 Å². The van der Waals surface area contributed by atoms with Crippen LogP contribution in [-0.2, 0) is 5.41 Å². The number of rotatable bonds is 4. The molecule has 5 heteroatoms. The summed E-state index contributed by atoms with van der Waals surface area (Å²) in [5.74, 6) is -0.863. The Morgan fingerprint density at radius 3 is 2.58 bits per heavy atom. The molecule has 2 aromatic rings. The summed E-state index contributed by atoms with van der Waals surface area (Å²) >= 11 is 0. The SMILES string of the molecule is CCNC(C)[C@@]12CC[C@@H](c3cc(-c4c(F)cccc4F)nnc31)C2(C)C. The van der Waals surface area contributed by atoms with Gasteiger partial charge in [0.2, 0.25) is 0 Å². The van der Waals surface area contributed by atoms with Gasteiger partial charge in [-0.05, 0) is 61.4 Å². The van der Waals surface area contributed by atoms with Gasteiger partial charge in [-0.15, -0.1) is 0 Å². The van der Waals surface area contributed by atoms with Crippen molar-refractivity contribution in [2.24, 2.45) is 5.41 Å². The molecule has 1 aromatic heterocycles. The molecule has 0 saturated heterocycles. The first-order chi connectivity index (χ1) is 12.3. The summed E-state index contributed by atoms with van der Waals surface area (Å²) in [6, 6.07) is 6.03. The van der Waals surface area contributed by atoms with Gasteiger partial charge >= 0.3 is 0 Å². The van der Waals surface area contributed by atoms with Gasteiger partial charge < -0.3 is 5.32 Å². The highest BCUT2D eigenvalue weighted by Crippen LogP contribution is 2.68. The molecule has 2 bridgehead atoms. The second-order valence-corrected chi connectivity index (χ2v) is 8.19. The van der Waals surface area contributed by atoms with Gasteiger partial charge in [0.25, 0.3) is 0 Å². The summed E-state index contributed by atoms with van der Waals surface area (Å²) in [6.45, 7) is 9.81. The molecule has 4 rings (SSSR count). The van der Waals surface area contributed by atoms with Crippen LogP contribution in [0.3, 0.4) is 0 Å². The van der Waals surface area contributed by atoms with Crippen LogP contribution >= 0.6 is 0 Å². The minimum atomic E-state index is -0.600. The van der Waals surface area contributed by atoms with Crippen molar-refractivity contribution in [3.05, 3.63) is 47.2 Å². The molecule has 0 spiro atoms. The van der Waals surface area contributed by atoms with Crippen LogP contribution in [0.1, 0.15) is 57.7 Å². The molecule has 0 amide bonds. The zero-order valence-corrected chi connectivity index (χ0v) is 15.7. The maximum Gasteiger partial charge on any atom is 0.135 e. The van der Waals surface area contributed by atoms with E-state index in [2.05, 4.69) is 43.2 Å². The van der Waals surface area contributed by atoms with Crippen LogP contribution in [0.4, 0.5) is 8.78 Å². The van der Waals surface area contributed by atoms with Crippen molar-refractivity contribution < 1.29 is 8.78 Å². The minimum Gasteiger partial charge on any atom is -0.314 e. The third-order valence-corrected chi connectivity index (χ3v) is 6.94. The van der Waals surface area contributed by atoms with Crippen LogP contribution in [0.15, 0.2) is 24.3 Å². The van der Waals surface area contributed by atoms with Crippen molar-refractivity contribution in [2.75, 3.05) is 6.54 Å². The number of fused-ring (bicyclic) bond motifs is 5. The Kier molecular flexibility index (Phi) is 3.92. The minimum absolute atomic E-state index is 0.0258. The first kappa shape index (κ1) is 17.5. The van der Waals surface area contributed by atoms with Crippen LogP contribution in [0.2, 0.25) is 0 Å². The van der Waals surface area contributed by atoms with E-state index in [4.69, 9.17) is 0 Å². The third-order valence-electron chi connectivity index (χ3n) is 6.94. The molecule has 1 unspecified atom stereocenters. The zero-order chi connectivity index (χ0) is 18.7. The summed E-state index contributed by atoms with van der Waals surface area (Å²) in [4.78, 5) is 0. The molecule has 2 aliphatic carbocycles. The van der Waals surface area contributed by atoms with Gasteiger partial charge in [-0.1, -0.05) is 26.8 Å². The Labute approximate surface area is 153 Å². The van der Waals surface area contributed by atoms with E-state index in [0.717, 1.165) is 30.6 Å². The van der Waals surface area contributed by atoms with Crippen molar-refractivity contribution >= 4 is 0 Å². The first-order valence-electron chi connectivity index (χ1n) is 9.40. The summed E-state index contributed by atoms with van der Waals surface area (Å²) in [5.41, 5.74) is 2.25. The maximum atomic E-state index is 14.2. The van der Waals surface area contributed by atoms with Gasteiger partial charge in [0.05, 0.1) is 17.0 Å². The second kappa shape index (κ2) is 5.81. The lowest BCUT2D eigenvalue weighted by Crippen LogP contribution is -2.51. The monoisotopic (exact) mass is 357 g/mol. The molecule has 0 radical (unpaired) electrons. The Hall–Kier alpha value is -1.88. The predicted octanol–water partition coefficient (Wildman–Crippen LogP) is 4.57. The third kappa shape index (κ3) is 2.07. The quantitative estimate of drug-likeness (QED) is 0.871. The molecule has 1 heterocycles.